The highest BCUT2D eigenvalue weighted by Crippen LogP contribution is 2.28. The van der Waals surface area contributed by atoms with Gasteiger partial charge in [0.1, 0.15) is 6.61 Å². The Labute approximate surface area is 166 Å². The molecule has 0 aromatic heterocycles. The third kappa shape index (κ3) is 4.91. The third-order valence-corrected chi connectivity index (χ3v) is 7.36. The van der Waals surface area contributed by atoms with Gasteiger partial charge in [-0.25, -0.2) is 8.42 Å². The maximum atomic E-state index is 13.0. The first kappa shape index (κ1) is 20.8. The average Bonchev–Trinajstić information content (AvgIpc) is 2.70. The van der Waals surface area contributed by atoms with E-state index >= 15 is 0 Å². The maximum absolute atomic E-state index is 13.0. The van der Waals surface area contributed by atoms with E-state index in [-0.39, 0.29) is 30.9 Å². The number of carbonyl (C=O) groups is 2. The lowest BCUT2D eigenvalue weighted by molar-refractivity contribution is -0.150. The quantitative estimate of drug-likeness (QED) is 0.571. The fourth-order valence-corrected chi connectivity index (χ4v) is 5.37. The third-order valence-electron chi connectivity index (χ3n) is 5.47. The van der Waals surface area contributed by atoms with E-state index in [1.807, 2.05) is 12.1 Å². The minimum Gasteiger partial charge on any atom is -0.464 e. The highest BCUT2D eigenvalue weighted by Gasteiger charge is 2.33. The molecule has 1 aliphatic heterocycles. The number of amides is 1. The van der Waals surface area contributed by atoms with Crippen LogP contribution in [0.5, 0.6) is 0 Å². The smallest absolute Gasteiger partial charge is 0.309 e. The predicted octanol–water partition coefficient (Wildman–Crippen LogP) is 1.65. The van der Waals surface area contributed by atoms with Crippen LogP contribution in [0.3, 0.4) is 0 Å². The van der Waals surface area contributed by atoms with E-state index in [4.69, 9.17) is 4.74 Å². The van der Waals surface area contributed by atoms with Crippen LogP contribution in [-0.4, -0.2) is 50.8 Å². The first-order valence-electron chi connectivity index (χ1n) is 9.91. The van der Waals surface area contributed by atoms with E-state index in [0.717, 1.165) is 31.2 Å². The predicted molar refractivity (Wildman–Crippen MR) is 104 cm³/mol. The monoisotopic (exact) mass is 408 g/mol. The summed E-state index contributed by atoms with van der Waals surface area (Å²) in [7, 11) is -3.54. The molecule has 3 rings (SSSR count). The lowest BCUT2D eigenvalue weighted by Crippen LogP contribution is -2.41. The molecule has 2 aliphatic rings. The molecule has 7 nitrogen and oxygen atoms in total. The first-order valence-corrected chi connectivity index (χ1v) is 11.3. The van der Waals surface area contributed by atoms with Crippen molar-refractivity contribution >= 4 is 21.9 Å². The van der Waals surface area contributed by atoms with E-state index in [0.29, 0.717) is 30.8 Å². The van der Waals surface area contributed by atoms with Crippen LogP contribution in [0.15, 0.2) is 23.1 Å². The van der Waals surface area contributed by atoms with Gasteiger partial charge in [0.25, 0.3) is 0 Å². The number of ether oxygens (including phenoxy) is 1. The largest absolute Gasteiger partial charge is 0.464 e. The molecule has 1 saturated heterocycles. The number of hydrogen-bond donors (Lipinski definition) is 1. The molecule has 1 N–H and O–H groups in total. The number of sulfonamides is 1. The number of nitrogens with one attached hydrogen (secondary N) is 1. The second kappa shape index (κ2) is 9.05. The van der Waals surface area contributed by atoms with Gasteiger partial charge in [-0.15, -0.1) is 0 Å². The summed E-state index contributed by atoms with van der Waals surface area (Å²) in [5, 5.41) is 2.57. The van der Waals surface area contributed by atoms with Gasteiger partial charge in [0.15, 0.2) is 0 Å². The minimum atomic E-state index is -3.54. The molecule has 1 fully saturated rings. The zero-order chi connectivity index (χ0) is 20.1. The molecule has 1 aromatic carbocycles. The molecule has 1 aromatic rings. The van der Waals surface area contributed by atoms with E-state index in [1.54, 1.807) is 6.07 Å². The van der Waals surface area contributed by atoms with Crippen molar-refractivity contribution in [3.63, 3.8) is 0 Å². The second-order valence-electron chi connectivity index (χ2n) is 7.47. The molecule has 0 bridgehead atoms. The number of rotatable bonds is 6. The van der Waals surface area contributed by atoms with Crippen LogP contribution in [0.1, 0.15) is 43.7 Å². The lowest BCUT2D eigenvalue weighted by atomic mass is 9.92. The topological polar surface area (TPSA) is 92.8 Å². The summed E-state index contributed by atoms with van der Waals surface area (Å²) >= 11 is 0. The molecule has 28 heavy (non-hydrogen) atoms. The molecule has 1 aliphatic carbocycles. The molecular formula is C20H28N2O5S. The highest BCUT2D eigenvalue weighted by molar-refractivity contribution is 7.89. The van der Waals surface area contributed by atoms with Crippen LogP contribution in [0.25, 0.3) is 0 Å². The normalized spacial score (nSPS) is 18.3. The number of carbonyl (C=O) groups excluding carboxylic acids is 2. The van der Waals surface area contributed by atoms with Gasteiger partial charge in [0.05, 0.1) is 17.4 Å². The first-order chi connectivity index (χ1) is 13.4. The summed E-state index contributed by atoms with van der Waals surface area (Å²) in [5.74, 6) is -0.791. The number of esters is 1. The fourth-order valence-electron chi connectivity index (χ4n) is 3.85. The summed E-state index contributed by atoms with van der Waals surface area (Å²) in [6.45, 7) is 2.44. The van der Waals surface area contributed by atoms with E-state index in [2.05, 4.69) is 5.32 Å². The van der Waals surface area contributed by atoms with Gasteiger partial charge in [0, 0.05) is 20.0 Å². The molecule has 1 heterocycles. The molecule has 8 heteroatoms. The fraction of sp³-hybridized carbons (Fsp3) is 0.600. The van der Waals surface area contributed by atoms with Crippen LogP contribution >= 0.6 is 0 Å². The SMILES string of the molecule is CC(=O)NCCOC(=O)C1CCN(S(=O)(=O)c2ccc3c(c2)CCCC3)CC1. The Kier molecular flexibility index (Phi) is 6.72. The summed E-state index contributed by atoms with van der Waals surface area (Å²) in [6, 6.07) is 5.48. The Morgan fingerprint density at radius 1 is 1.14 bits per heavy atom. The van der Waals surface area contributed by atoms with Crippen molar-refractivity contribution in [1.29, 1.82) is 0 Å². The summed E-state index contributed by atoms with van der Waals surface area (Å²) < 4.78 is 32.6. The van der Waals surface area contributed by atoms with Gasteiger partial charge in [-0.2, -0.15) is 4.31 Å². The lowest BCUT2D eigenvalue weighted by Gasteiger charge is -2.30. The van der Waals surface area contributed by atoms with Crippen LogP contribution in [0.4, 0.5) is 0 Å². The molecule has 0 saturated carbocycles. The van der Waals surface area contributed by atoms with E-state index in [1.165, 1.54) is 16.8 Å². The van der Waals surface area contributed by atoms with E-state index < -0.39 is 10.0 Å². The van der Waals surface area contributed by atoms with Gasteiger partial charge >= 0.3 is 5.97 Å². The van der Waals surface area contributed by atoms with Crippen LogP contribution in [-0.2, 0) is 37.2 Å². The van der Waals surface area contributed by atoms with Gasteiger partial charge in [-0.1, -0.05) is 6.07 Å². The van der Waals surface area contributed by atoms with Gasteiger partial charge in [-0.05, 0) is 61.8 Å². The minimum absolute atomic E-state index is 0.131. The number of nitrogens with zero attached hydrogens (tertiary/aromatic N) is 1. The van der Waals surface area contributed by atoms with Crippen LogP contribution in [0, 0.1) is 5.92 Å². The molecule has 0 atom stereocenters. The molecular weight excluding hydrogens is 380 g/mol. The van der Waals surface area contributed by atoms with Crippen molar-refractivity contribution in [2.24, 2.45) is 5.92 Å². The number of hydrogen-bond acceptors (Lipinski definition) is 5. The Balaban J connectivity index is 1.55. The molecule has 0 unspecified atom stereocenters. The number of fused-ring (bicyclic) bond motifs is 1. The van der Waals surface area contributed by atoms with Gasteiger partial charge < -0.3 is 10.1 Å². The molecule has 0 spiro atoms. The van der Waals surface area contributed by atoms with E-state index in [9.17, 15) is 18.0 Å². The Morgan fingerprint density at radius 3 is 2.50 bits per heavy atom. The van der Waals surface area contributed by atoms with Crippen molar-refractivity contribution in [3.8, 4) is 0 Å². The zero-order valence-electron chi connectivity index (χ0n) is 16.3. The molecule has 154 valence electrons. The number of benzene rings is 1. The summed E-state index contributed by atoms with van der Waals surface area (Å²) in [6.07, 6.45) is 5.11. The average molecular weight is 409 g/mol. The van der Waals surface area contributed by atoms with Gasteiger partial charge in [0.2, 0.25) is 15.9 Å². The van der Waals surface area contributed by atoms with Crippen molar-refractivity contribution in [1.82, 2.24) is 9.62 Å². The Bertz CT molecular complexity index is 829. The Hall–Kier alpha value is -1.93. The summed E-state index contributed by atoms with van der Waals surface area (Å²) in [4.78, 5) is 23.3. The number of aryl methyl sites for hydroxylation is 2. The Morgan fingerprint density at radius 2 is 1.82 bits per heavy atom. The standard InChI is InChI=1S/C20H28N2O5S/c1-15(23)21-10-13-27-20(24)17-8-11-22(12-9-17)28(25,26)19-7-6-16-4-2-3-5-18(16)14-19/h6-7,14,17H,2-5,8-13H2,1H3,(H,21,23). The van der Waals surface area contributed by atoms with Gasteiger partial charge in [-0.3, -0.25) is 9.59 Å². The highest BCUT2D eigenvalue weighted by atomic mass is 32.2. The number of piperidine rings is 1. The van der Waals surface area contributed by atoms with Crippen molar-refractivity contribution in [3.05, 3.63) is 29.3 Å². The molecule has 0 radical (unpaired) electrons. The van der Waals surface area contributed by atoms with Crippen LogP contribution < -0.4 is 5.32 Å². The summed E-state index contributed by atoms with van der Waals surface area (Å²) in [5.41, 5.74) is 2.40. The zero-order valence-corrected chi connectivity index (χ0v) is 17.1. The van der Waals surface area contributed by atoms with Crippen molar-refractivity contribution < 1.29 is 22.7 Å². The van der Waals surface area contributed by atoms with Crippen molar-refractivity contribution in [2.45, 2.75) is 50.3 Å². The maximum Gasteiger partial charge on any atom is 0.309 e. The van der Waals surface area contributed by atoms with Crippen molar-refractivity contribution in [2.75, 3.05) is 26.2 Å². The molecule has 1 amide bonds. The second-order valence-corrected chi connectivity index (χ2v) is 9.40. The van der Waals surface area contributed by atoms with Crippen LogP contribution in [0.2, 0.25) is 0 Å².